The van der Waals surface area contributed by atoms with Crippen LogP contribution in [0.3, 0.4) is 0 Å². The highest BCUT2D eigenvalue weighted by molar-refractivity contribution is 5.51. The summed E-state index contributed by atoms with van der Waals surface area (Å²) in [5.74, 6) is 0.807. The molecule has 1 fully saturated rings. The zero-order valence-corrected chi connectivity index (χ0v) is 12.1. The molecule has 1 unspecified atom stereocenters. The number of methoxy groups -OCH3 is 2. The van der Waals surface area contributed by atoms with Crippen molar-refractivity contribution in [2.24, 2.45) is 0 Å². The molecule has 1 heterocycles. The van der Waals surface area contributed by atoms with E-state index >= 15 is 0 Å². The molecular weight excluding hydrogens is 240 g/mol. The second-order valence-corrected chi connectivity index (χ2v) is 5.53. The lowest BCUT2D eigenvalue weighted by atomic mass is 9.94. The summed E-state index contributed by atoms with van der Waals surface area (Å²) in [5, 5.41) is 0. The quantitative estimate of drug-likeness (QED) is 0.848. The Labute approximate surface area is 115 Å². The van der Waals surface area contributed by atoms with Gasteiger partial charge >= 0.3 is 0 Å². The third kappa shape index (κ3) is 3.39. The second kappa shape index (κ2) is 5.80. The Balaban J connectivity index is 2.04. The van der Waals surface area contributed by atoms with Crippen molar-refractivity contribution in [3.05, 3.63) is 23.8 Å². The molecule has 19 heavy (non-hydrogen) atoms. The maximum Gasteiger partial charge on any atom is 0.120 e. The Morgan fingerprint density at radius 2 is 2.16 bits per heavy atom. The number of anilines is 1. The maximum absolute atomic E-state index is 6.08. The number of benzene rings is 1. The molecule has 2 rings (SSSR count). The van der Waals surface area contributed by atoms with Gasteiger partial charge < -0.3 is 15.2 Å². The molecular formula is C15H24N2O2. The molecule has 0 bridgehead atoms. The van der Waals surface area contributed by atoms with Gasteiger partial charge in [-0.1, -0.05) is 6.07 Å². The lowest BCUT2D eigenvalue weighted by molar-refractivity contribution is -0.0526. The van der Waals surface area contributed by atoms with Crippen molar-refractivity contribution >= 4 is 5.69 Å². The zero-order valence-electron chi connectivity index (χ0n) is 12.1. The van der Waals surface area contributed by atoms with Crippen molar-refractivity contribution in [3.8, 4) is 5.75 Å². The first kappa shape index (κ1) is 14.2. The van der Waals surface area contributed by atoms with Crippen LogP contribution < -0.4 is 10.5 Å². The van der Waals surface area contributed by atoms with Crippen LogP contribution in [0.2, 0.25) is 0 Å². The molecule has 0 radical (unpaired) electrons. The van der Waals surface area contributed by atoms with E-state index in [0.717, 1.165) is 43.1 Å². The average molecular weight is 264 g/mol. The molecule has 1 aliphatic heterocycles. The predicted octanol–water partition coefficient (Wildman–Crippen LogP) is 2.28. The Bertz CT molecular complexity index is 436. The summed E-state index contributed by atoms with van der Waals surface area (Å²) in [7, 11) is 3.45. The van der Waals surface area contributed by atoms with Crippen molar-refractivity contribution in [2.45, 2.75) is 31.9 Å². The number of hydrogen-bond donors (Lipinski definition) is 1. The summed E-state index contributed by atoms with van der Waals surface area (Å²) in [6.07, 6.45) is 2.29. The minimum absolute atomic E-state index is 0.0283. The van der Waals surface area contributed by atoms with Gasteiger partial charge in [-0.2, -0.15) is 0 Å². The number of nitrogens with zero attached hydrogens (tertiary/aromatic N) is 1. The second-order valence-electron chi connectivity index (χ2n) is 5.53. The Hall–Kier alpha value is -1.26. The van der Waals surface area contributed by atoms with Gasteiger partial charge in [0.25, 0.3) is 0 Å². The van der Waals surface area contributed by atoms with Crippen LogP contribution >= 0.6 is 0 Å². The van der Waals surface area contributed by atoms with Crippen LogP contribution in [-0.4, -0.2) is 37.8 Å². The highest BCUT2D eigenvalue weighted by atomic mass is 16.5. The lowest BCUT2D eigenvalue weighted by Crippen LogP contribution is -2.46. The molecule has 1 aromatic carbocycles. The largest absolute Gasteiger partial charge is 0.497 e. The SMILES string of the molecule is COc1ccc(CN2CCCC(C)(OC)C2)c(N)c1. The average Bonchev–Trinajstić information content (AvgIpc) is 2.41. The third-order valence-electron chi connectivity index (χ3n) is 3.98. The predicted molar refractivity (Wildman–Crippen MR) is 77.3 cm³/mol. The Morgan fingerprint density at radius 3 is 2.79 bits per heavy atom. The first-order chi connectivity index (χ1) is 9.06. The topological polar surface area (TPSA) is 47.7 Å². The smallest absolute Gasteiger partial charge is 0.120 e. The van der Waals surface area contributed by atoms with E-state index in [1.807, 2.05) is 18.2 Å². The van der Waals surface area contributed by atoms with Crippen molar-refractivity contribution < 1.29 is 9.47 Å². The summed E-state index contributed by atoms with van der Waals surface area (Å²) in [5.41, 5.74) is 8.00. The normalized spacial score (nSPS) is 24.4. The number of rotatable bonds is 4. The highest BCUT2D eigenvalue weighted by Crippen LogP contribution is 2.27. The highest BCUT2D eigenvalue weighted by Gasteiger charge is 2.30. The van der Waals surface area contributed by atoms with Gasteiger partial charge in [0.1, 0.15) is 5.75 Å². The monoisotopic (exact) mass is 264 g/mol. The van der Waals surface area contributed by atoms with Gasteiger partial charge in [-0.25, -0.2) is 0 Å². The van der Waals surface area contributed by atoms with Gasteiger partial charge in [-0.15, -0.1) is 0 Å². The van der Waals surface area contributed by atoms with Crippen LogP contribution in [0, 0.1) is 0 Å². The van der Waals surface area contributed by atoms with Gasteiger partial charge in [0.2, 0.25) is 0 Å². The summed E-state index contributed by atoms with van der Waals surface area (Å²) in [6.45, 7) is 5.10. The molecule has 1 aliphatic rings. The summed E-state index contributed by atoms with van der Waals surface area (Å²) in [4.78, 5) is 2.41. The molecule has 106 valence electrons. The molecule has 0 aromatic heterocycles. The van der Waals surface area contributed by atoms with E-state index in [1.54, 1.807) is 14.2 Å². The van der Waals surface area contributed by atoms with E-state index in [2.05, 4.69) is 11.8 Å². The van der Waals surface area contributed by atoms with Gasteiger partial charge in [-0.05, 0) is 37.9 Å². The van der Waals surface area contributed by atoms with Crippen LogP contribution in [0.15, 0.2) is 18.2 Å². The number of nitrogens with two attached hydrogens (primary N) is 1. The third-order valence-corrected chi connectivity index (χ3v) is 3.98. The first-order valence-corrected chi connectivity index (χ1v) is 6.76. The van der Waals surface area contributed by atoms with Crippen LogP contribution in [0.1, 0.15) is 25.3 Å². The van der Waals surface area contributed by atoms with Crippen LogP contribution in [0.4, 0.5) is 5.69 Å². The molecule has 4 heteroatoms. The van der Waals surface area contributed by atoms with Crippen molar-refractivity contribution in [3.63, 3.8) is 0 Å². The molecule has 4 nitrogen and oxygen atoms in total. The van der Waals surface area contributed by atoms with Crippen LogP contribution in [-0.2, 0) is 11.3 Å². The molecule has 1 atom stereocenters. The molecule has 2 N–H and O–H groups in total. The number of ether oxygens (including phenoxy) is 2. The van der Waals surface area contributed by atoms with Crippen molar-refractivity contribution in [1.29, 1.82) is 0 Å². The van der Waals surface area contributed by atoms with E-state index in [0.29, 0.717) is 0 Å². The summed E-state index contributed by atoms with van der Waals surface area (Å²) >= 11 is 0. The van der Waals surface area contributed by atoms with E-state index in [4.69, 9.17) is 15.2 Å². The van der Waals surface area contributed by atoms with Gasteiger partial charge in [0.15, 0.2) is 0 Å². The fourth-order valence-electron chi connectivity index (χ4n) is 2.69. The lowest BCUT2D eigenvalue weighted by Gasteiger charge is -2.39. The standard InChI is InChI=1S/C15H24N2O2/c1-15(19-3)7-4-8-17(11-15)10-12-5-6-13(18-2)9-14(12)16/h5-6,9H,4,7-8,10-11,16H2,1-3H3. The molecule has 0 saturated carbocycles. The Kier molecular flexibility index (Phi) is 4.32. The summed E-state index contributed by atoms with van der Waals surface area (Å²) < 4.78 is 10.8. The zero-order chi connectivity index (χ0) is 13.9. The molecule has 0 aliphatic carbocycles. The van der Waals surface area contributed by atoms with E-state index in [9.17, 15) is 0 Å². The summed E-state index contributed by atoms with van der Waals surface area (Å²) in [6, 6.07) is 5.90. The number of hydrogen-bond acceptors (Lipinski definition) is 4. The molecule has 1 saturated heterocycles. The van der Waals surface area contributed by atoms with E-state index in [1.165, 1.54) is 6.42 Å². The molecule has 0 amide bonds. The van der Waals surface area contributed by atoms with Crippen molar-refractivity contribution in [1.82, 2.24) is 4.90 Å². The number of nitrogen functional groups attached to an aromatic ring is 1. The molecule has 0 spiro atoms. The van der Waals surface area contributed by atoms with Crippen LogP contribution in [0.25, 0.3) is 0 Å². The van der Waals surface area contributed by atoms with Gasteiger partial charge in [0, 0.05) is 32.0 Å². The number of piperidine rings is 1. The van der Waals surface area contributed by atoms with Crippen LogP contribution in [0.5, 0.6) is 5.75 Å². The number of likely N-dealkylation sites (tertiary alicyclic amines) is 1. The van der Waals surface area contributed by atoms with Gasteiger partial charge in [0.05, 0.1) is 12.7 Å². The minimum Gasteiger partial charge on any atom is -0.497 e. The van der Waals surface area contributed by atoms with Gasteiger partial charge in [-0.3, -0.25) is 4.90 Å². The minimum atomic E-state index is -0.0283. The maximum atomic E-state index is 6.08. The first-order valence-electron chi connectivity index (χ1n) is 6.76. The fraction of sp³-hybridized carbons (Fsp3) is 0.600. The van der Waals surface area contributed by atoms with E-state index < -0.39 is 0 Å². The fourth-order valence-corrected chi connectivity index (χ4v) is 2.69. The Morgan fingerprint density at radius 1 is 1.37 bits per heavy atom. The van der Waals surface area contributed by atoms with E-state index in [-0.39, 0.29) is 5.60 Å². The van der Waals surface area contributed by atoms with Crippen molar-refractivity contribution in [2.75, 3.05) is 33.0 Å². The molecule has 1 aromatic rings.